The van der Waals surface area contributed by atoms with Crippen LogP contribution in [0.3, 0.4) is 0 Å². The number of rotatable bonds is 7. The molecule has 1 amide bonds. The first-order valence-corrected chi connectivity index (χ1v) is 8.15. The van der Waals surface area contributed by atoms with E-state index < -0.39 is 6.10 Å². The monoisotopic (exact) mass is 372 g/mol. The fourth-order valence-electron chi connectivity index (χ4n) is 1.85. The SMILES string of the molecule is CCC(CC)NC(=O)C(C)Oc1ccc(Br)cc1C(N)=S. The summed E-state index contributed by atoms with van der Waals surface area (Å²) >= 11 is 8.37. The molecule has 1 aromatic rings. The Labute approximate surface area is 139 Å². The van der Waals surface area contributed by atoms with Gasteiger partial charge < -0.3 is 15.8 Å². The smallest absolute Gasteiger partial charge is 0.260 e. The van der Waals surface area contributed by atoms with Crippen LogP contribution in [-0.2, 0) is 4.79 Å². The van der Waals surface area contributed by atoms with Crippen LogP contribution < -0.4 is 15.8 Å². The normalized spacial score (nSPS) is 12.0. The Kier molecular flexibility index (Phi) is 7.11. The highest BCUT2D eigenvalue weighted by molar-refractivity contribution is 9.10. The highest BCUT2D eigenvalue weighted by Gasteiger charge is 2.19. The third-order valence-corrected chi connectivity index (χ3v) is 3.93. The van der Waals surface area contributed by atoms with E-state index in [1.165, 1.54) is 0 Å². The molecule has 4 nitrogen and oxygen atoms in total. The van der Waals surface area contributed by atoms with Gasteiger partial charge in [-0.1, -0.05) is 42.0 Å². The standard InChI is InChI=1S/C15H21BrN2O2S/c1-4-11(5-2)18-15(19)9(3)20-13-7-6-10(16)8-12(13)14(17)21/h6-9,11H,4-5H2,1-3H3,(H2,17,21)(H,18,19). The maximum atomic E-state index is 12.1. The van der Waals surface area contributed by atoms with E-state index in [-0.39, 0.29) is 16.9 Å². The van der Waals surface area contributed by atoms with Crippen LogP contribution in [0.5, 0.6) is 5.75 Å². The van der Waals surface area contributed by atoms with Crippen molar-refractivity contribution in [3.63, 3.8) is 0 Å². The molecule has 21 heavy (non-hydrogen) atoms. The lowest BCUT2D eigenvalue weighted by molar-refractivity contribution is -0.128. The fourth-order valence-corrected chi connectivity index (χ4v) is 2.37. The van der Waals surface area contributed by atoms with Crippen molar-refractivity contribution in [2.24, 2.45) is 5.73 Å². The summed E-state index contributed by atoms with van der Waals surface area (Å²) in [6.45, 7) is 5.79. The van der Waals surface area contributed by atoms with Gasteiger partial charge in [-0.25, -0.2) is 0 Å². The Morgan fingerprint density at radius 2 is 2.05 bits per heavy atom. The van der Waals surface area contributed by atoms with Crippen LogP contribution in [0.2, 0.25) is 0 Å². The Morgan fingerprint density at radius 1 is 1.43 bits per heavy atom. The Morgan fingerprint density at radius 3 is 2.57 bits per heavy atom. The molecular formula is C15H21BrN2O2S. The summed E-state index contributed by atoms with van der Waals surface area (Å²) in [5, 5.41) is 2.96. The second-order valence-corrected chi connectivity index (χ2v) is 6.14. The number of halogens is 1. The second-order valence-electron chi connectivity index (χ2n) is 4.79. The lowest BCUT2D eigenvalue weighted by Crippen LogP contribution is -2.42. The van der Waals surface area contributed by atoms with Gasteiger partial charge in [0.15, 0.2) is 6.10 Å². The molecule has 3 N–H and O–H groups in total. The predicted molar refractivity (Wildman–Crippen MR) is 92.6 cm³/mol. The molecule has 0 saturated carbocycles. The highest BCUT2D eigenvalue weighted by Crippen LogP contribution is 2.24. The van der Waals surface area contributed by atoms with Gasteiger partial charge in [-0.2, -0.15) is 0 Å². The first kappa shape index (κ1) is 17.9. The number of amides is 1. The molecule has 0 aliphatic carbocycles. The van der Waals surface area contributed by atoms with Crippen molar-refractivity contribution < 1.29 is 9.53 Å². The maximum Gasteiger partial charge on any atom is 0.260 e. The highest BCUT2D eigenvalue weighted by atomic mass is 79.9. The number of benzene rings is 1. The molecule has 0 aromatic heterocycles. The average molecular weight is 373 g/mol. The van der Waals surface area contributed by atoms with E-state index in [0.29, 0.717) is 11.3 Å². The predicted octanol–water partition coefficient (Wildman–Crippen LogP) is 3.16. The zero-order valence-electron chi connectivity index (χ0n) is 12.5. The van der Waals surface area contributed by atoms with Gasteiger partial charge in [0.2, 0.25) is 0 Å². The number of ether oxygens (including phenoxy) is 1. The maximum absolute atomic E-state index is 12.1. The molecule has 1 unspecified atom stereocenters. The number of carbonyl (C=O) groups excluding carboxylic acids is 1. The fraction of sp³-hybridized carbons (Fsp3) is 0.467. The van der Waals surface area contributed by atoms with E-state index >= 15 is 0 Å². The van der Waals surface area contributed by atoms with Gasteiger partial charge in [0.1, 0.15) is 10.7 Å². The van der Waals surface area contributed by atoms with Crippen LogP contribution in [-0.4, -0.2) is 23.0 Å². The molecule has 116 valence electrons. The van der Waals surface area contributed by atoms with Crippen LogP contribution in [0.25, 0.3) is 0 Å². The van der Waals surface area contributed by atoms with Crippen molar-refractivity contribution >= 4 is 39.0 Å². The van der Waals surface area contributed by atoms with Crippen LogP contribution in [0.15, 0.2) is 22.7 Å². The van der Waals surface area contributed by atoms with Gasteiger partial charge in [0, 0.05) is 10.5 Å². The lowest BCUT2D eigenvalue weighted by Gasteiger charge is -2.20. The zero-order chi connectivity index (χ0) is 16.0. The molecule has 0 radical (unpaired) electrons. The molecule has 6 heteroatoms. The van der Waals surface area contributed by atoms with Crippen LogP contribution in [0.4, 0.5) is 0 Å². The topological polar surface area (TPSA) is 64.3 Å². The molecule has 0 aliphatic heterocycles. The number of carbonyl (C=O) groups is 1. The van der Waals surface area contributed by atoms with Gasteiger partial charge in [0.05, 0.1) is 5.56 Å². The molecule has 0 saturated heterocycles. The van der Waals surface area contributed by atoms with E-state index in [0.717, 1.165) is 17.3 Å². The minimum Gasteiger partial charge on any atom is -0.480 e. The third kappa shape index (κ3) is 5.28. The van der Waals surface area contributed by atoms with E-state index in [1.807, 2.05) is 19.9 Å². The quantitative estimate of drug-likeness (QED) is 0.721. The number of hydrogen-bond acceptors (Lipinski definition) is 3. The summed E-state index contributed by atoms with van der Waals surface area (Å²) in [7, 11) is 0. The number of hydrogen-bond donors (Lipinski definition) is 2. The van der Waals surface area contributed by atoms with Gasteiger partial charge in [-0.05, 0) is 38.0 Å². The molecule has 0 fully saturated rings. The second kappa shape index (κ2) is 8.34. The number of nitrogens with two attached hydrogens (primary N) is 1. The Bertz CT molecular complexity index is 518. The third-order valence-electron chi connectivity index (χ3n) is 3.21. The molecular weight excluding hydrogens is 352 g/mol. The van der Waals surface area contributed by atoms with E-state index in [2.05, 4.69) is 21.2 Å². The number of nitrogens with one attached hydrogen (secondary N) is 1. The summed E-state index contributed by atoms with van der Waals surface area (Å²) in [4.78, 5) is 12.3. The first-order valence-electron chi connectivity index (χ1n) is 6.95. The summed E-state index contributed by atoms with van der Waals surface area (Å²) in [5.41, 5.74) is 6.30. The molecule has 0 aliphatic rings. The summed E-state index contributed by atoms with van der Waals surface area (Å²) in [6.07, 6.45) is 1.18. The van der Waals surface area contributed by atoms with E-state index in [4.69, 9.17) is 22.7 Å². The van der Waals surface area contributed by atoms with Gasteiger partial charge in [-0.3, -0.25) is 4.79 Å². The molecule has 1 rings (SSSR count). The van der Waals surface area contributed by atoms with E-state index in [9.17, 15) is 4.79 Å². The van der Waals surface area contributed by atoms with Crippen molar-refractivity contribution in [2.45, 2.75) is 45.8 Å². The van der Waals surface area contributed by atoms with Gasteiger partial charge in [-0.15, -0.1) is 0 Å². The Hall–Kier alpha value is -1.14. The lowest BCUT2D eigenvalue weighted by atomic mass is 10.1. The molecule has 0 heterocycles. The largest absolute Gasteiger partial charge is 0.480 e. The molecule has 0 bridgehead atoms. The average Bonchev–Trinajstić information content (AvgIpc) is 2.45. The van der Waals surface area contributed by atoms with Crippen LogP contribution >= 0.6 is 28.1 Å². The molecule has 0 spiro atoms. The summed E-state index contributed by atoms with van der Waals surface area (Å²) in [6, 6.07) is 5.52. The van der Waals surface area contributed by atoms with Crippen LogP contribution in [0, 0.1) is 0 Å². The number of thiocarbonyl (C=S) groups is 1. The van der Waals surface area contributed by atoms with Gasteiger partial charge >= 0.3 is 0 Å². The molecule has 1 aromatic carbocycles. The minimum atomic E-state index is -0.611. The van der Waals surface area contributed by atoms with Crippen molar-refractivity contribution in [1.29, 1.82) is 0 Å². The van der Waals surface area contributed by atoms with Crippen molar-refractivity contribution in [3.8, 4) is 5.75 Å². The summed E-state index contributed by atoms with van der Waals surface area (Å²) in [5.74, 6) is 0.374. The van der Waals surface area contributed by atoms with Crippen molar-refractivity contribution in [1.82, 2.24) is 5.32 Å². The van der Waals surface area contributed by atoms with Crippen LogP contribution in [0.1, 0.15) is 39.2 Å². The Balaban J connectivity index is 2.81. The van der Waals surface area contributed by atoms with Crippen molar-refractivity contribution in [2.75, 3.05) is 0 Å². The van der Waals surface area contributed by atoms with E-state index in [1.54, 1.807) is 19.1 Å². The summed E-state index contributed by atoms with van der Waals surface area (Å²) < 4.78 is 6.57. The van der Waals surface area contributed by atoms with Crippen molar-refractivity contribution in [3.05, 3.63) is 28.2 Å². The molecule has 1 atom stereocenters. The zero-order valence-corrected chi connectivity index (χ0v) is 14.9. The van der Waals surface area contributed by atoms with Gasteiger partial charge in [0.25, 0.3) is 5.91 Å². The minimum absolute atomic E-state index is 0.138. The first-order chi connectivity index (χ1) is 9.88.